The summed E-state index contributed by atoms with van der Waals surface area (Å²) in [6.45, 7) is 7.66. The molecular weight excluding hydrogens is 627 g/mol. The van der Waals surface area contributed by atoms with Gasteiger partial charge in [0.2, 0.25) is 0 Å². The van der Waals surface area contributed by atoms with Gasteiger partial charge in [0, 0.05) is 33.6 Å². The summed E-state index contributed by atoms with van der Waals surface area (Å²) >= 11 is 0. The Kier molecular flexibility index (Phi) is 6.33. The van der Waals surface area contributed by atoms with Crippen molar-refractivity contribution in [2.45, 2.75) is 82.1 Å². The maximum absolute atomic E-state index is 2.97. The average molecular weight is 673 g/mol. The van der Waals surface area contributed by atoms with Crippen molar-refractivity contribution in [3.63, 3.8) is 0 Å². The third-order valence-electron chi connectivity index (χ3n) is 14.2. The molecule has 0 N–H and O–H groups in total. The van der Waals surface area contributed by atoms with Crippen molar-refractivity contribution >= 4 is 40.5 Å². The predicted molar refractivity (Wildman–Crippen MR) is 219 cm³/mol. The number of nitrogens with zero attached hydrogens (tertiary/aromatic N) is 2. The summed E-state index contributed by atoms with van der Waals surface area (Å²) in [4.78, 5) is 5.66. The van der Waals surface area contributed by atoms with Crippen molar-refractivity contribution < 1.29 is 0 Å². The van der Waals surface area contributed by atoms with E-state index in [9.17, 15) is 0 Å². The molecule has 1 fully saturated rings. The van der Waals surface area contributed by atoms with Crippen LogP contribution in [-0.2, 0) is 17.3 Å². The summed E-state index contributed by atoms with van der Waals surface area (Å²) in [6.07, 6.45) is 8.52. The van der Waals surface area contributed by atoms with E-state index >= 15 is 0 Å². The summed E-state index contributed by atoms with van der Waals surface area (Å²) in [5.74, 6) is 0. The first-order valence-corrected chi connectivity index (χ1v) is 19.8. The van der Waals surface area contributed by atoms with Crippen LogP contribution in [0, 0.1) is 0 Å². The number of unbranched alkanes of at least 4 members (excludes halogenated alkanes) is 1. The Labute approximate surface area is 309 Å². The molecule has 4 aliphatic heterocycles. The number of para-hydroxylation sites is 3. The van der Waals surface area contributed by atoms with E-state index in [4.69, 9.17) is 0 Å². The second-order valence-corrected chi connectivity index (χ2v) is 16.5. The van der Waals surface area contributed by atoms with Crippen LogP contribution in [-0.4, -0.2) is 12.4 Å². The molecule has 1 aliphatic carbocycles. The van der Waals surface area contributed by atoms with Gasteiger partial charge in [0.25, 0.3) is 0 Å². The molecule has 0 spiro atoms. The normalized spacial score (nSPS) is 22.2. The molecule has 0 radical (unpaired) electrons. The third kappa shape index (κ3) is 3.58. The fourth-order valence-corrected chi connectivity index (χ4v) is 11.8. The number of benzene rings is 6. The van der Waals surface area contributed by atoms with Crippen LogP contribution in [0.15, 0.2) is 133 Å². The van der Waals surface area contributed by atoms with Crippen LogP contribution in [0.25, 0.3) is 11.1 Å². The van der Waals surface area contributed by atoms with Gasteiger partial charge in [-0.25, -0.2) is 0 Å². The highest BCUT2D eigenvalue weighted by molar-refractivity contribution is 6.93. The Balaban J connectivity index is 1.30. The molecule has 6 aromatic carbocycles. The van der Waals surface area contributed by atoms with Gasteiger partial charge in [-0.1, -0.05) is 154 Å². The molecule has 254 valence electrons. The van der Waals surface area contributed by atoms with Gasteiger partial charge in [-0.15, -0.1) is 0 Å². The van der Waals surface area contributed by atoms with Crippen LogP contribution in [0.5, 0.6) is 0 Å². The van der Waals surface area contributed by atoms with Gasteiger partial charge in [-0.3, -0.25) is 0 Å². The Morgan fingerprint density at radius 3 is 2.06 bits per heavy atom. The first-order valence-electron chi connectivity index (χ1n) is 19.8. The minimum Gasteiger partial charge on any atom is -0.400 e. The molecule has 2 atom stereocenters. The van der Waals surface area contributed by atoms with E-state index in [-0.39, 0.29) is 17.8 Å². The average Bonchev–Trinajstić information content (AvgIpc) is 3.41. The molecule has 5 aliphatic rings. The van der Waals surface area contributed by atoms with Crippen LogP contribution in [0.1, 0.15) is 92.7 Å². The quantitative estimate of drug-likeness (QED) is 0.168. The molecule has 2 nitrogen and oxygen atoms in total. The number of anilines is 4. The van der Waals surface area contributed by atoms with Crippen LogP contribution < -0.4 is 20.6 Å². The zero-order valence-electron chi connectivity index (χ0n) is 30.6. The van der Waals surface area contributed by atoms with Crippen molar-refractivity contribution in [3.05, 3.63) is 167 Å². The van der Waals surface area contributed by atoms with Crippen molar-refractivity contribution in [3.8, 4) is 11.1 Å². The fourth-order valence-electron chi connectivity index (χ4n) is 11.8. The van der Waals surface area contributed by atoms with Gasteiger partial charge in [-0.2, -0.15) is 0 Å². The van der Waals surface area contributed by atoms with E-state index in [1.807, 2.05) is 0 Å². The molecule has 0 saturated heterocycles. The third-order valence-corrected chi connectivity index (χ3v) is 14.2. The van der Waals surface area contributed by atoms with Gasteiger partial charge in [-0.05, 0) is 94.6 Å². The van der Waals surface area contributed by atoms with Gasteiger partial charge in [0.05, 0.1) is 11.1 Å². The number of hydrogen-bond donors (Lipinski definition) is 0. The van der Waals surface area contributed by atoms with E-state index in [2.05, 4.69) is 164 Å². The van der Waals surface area contributed by atoms with Crippen LogP contribution in [0.2, 0.25) is 0 Å². The van der Waals surface area contributed by atoms with Gasteiger partial charge in [0.1, 0.15) is 0 Å². The van der Waals surface area contributed by atoms with Crippen molar-refractivity contribution in [2.75, 3.05) is 9.71 Å². The first kappa shape index (κ1) is 30.6. The number of hydrogen-bond acceptors (Lipinski definition) is 2. The lowest BCUT2D eigenvalue weighted by molar-refractivity contribution is 0.199. The Morgan fingerprint density at radius 2 is 1.29 bits per heavy atom. The highest BCUT2D eigenvalue weighted by Gasteiger charge is 2.63. The van der Waals surface area contributed by atoms with Crippen molar-refractivity contribution in [1.82, 2.24) is 0 Å². The largest absolute Gasteiger partial charge is 0.400 e. The summed E-state index contributed by atoms with van der Waals surface area (Å²) in [5.41, 5.74) is 19.4. The topological polar surface area (TPSA) is 6.48 Å². The molecule has 52 heavy (non-hydrogen) atoms. The lowest BCUT2D eigenvalue weighted by Crippen LogP contribution is -2.71. The lowest BCUT2D eigenvalue weighted by atomic mass is 9.41. The standard InChI is InChI=1S/C49H45BN2/c1-4-5-18-33-31-37-36-23-16-25-39-45(36)52(48(3)30-15-14-29-47(39,48)2)50-41-27-17-26-40-46(41)51(43(32-33)44(37)50)42-28-13-12-24-38(42)49(40,34-19-8-6-9-20-34)35-21-10-7-11-22-35/h6-13,16-17,19-28,31-32H,4-5,14-15,18,29-30H2,1-3H3. The zero-order chi connectivity index (χ0) is 34.8. The van der Waals surface area contributed by atoms with E-state index in [0.717, 1.165) is 6.42 Å². The lowest BCUT2D eigenvalue weighted by Gasteiger charge is -2.56. The number of rotatable bonds is 5. The maximum atomic E-state index is 2.97. The highest BCUT2D eigenvalue weighted by atomic mass is 15.2. The highest BCUT2D eigenvalue weighted by Crippen LogP contribution is 2.64. The molecule has 1 saturated carbocycles. The Morgan fingerprint density at radius 1 is 0.615 bits per heavy atom. The second kappa shape index (κ2) is 10.8. The van der Waals surface area contributed by atoms with Gasteiger partial charge >= 0.3 is 6.85 Å². The van der Waals surface area contributed by atoms with Crippen LogP contribution in [0.4, 0.5) is 22.7 Å². The fraction of sp³-hybridized carbons (Fsp3) is 0.265. The predicted octanol–water partition coefficient (Wildman–Crippen LogP) is 10.7. The summed E-state index contributed by atoms with van der Waals surface area (Å²) in [7, 11) is 0. The number of aryl methyl sites for hydroxylation is 1. The Bertz CT molecular complexity index is 2380. The van der Waals surface area contributed by atoms with Crippen LogP contribution in [0.3, 0.4) is 0 Å². The molecule has 6 aromatic rings. The molecule has 3 heteroatoms. The van der Waals surface area contributed by atoms with E-state index < -0.39 is 5.41 Å². The Hall–Kier alpha value is -5.02. The van der Waals surface area contributed by atoms with E-state index in [1.54, 1.807) is 5.56 Å². The molecule has 2 unspecified atom stereocenters. The van der Waals surface area contributed by atoms with E-state index in [1.165, 1.54) is 111 Å². The summed E-state index contributed by atoms with van der Waals surface area (Å²) < 4.78 is 0. The molecule has 11 rings (SSSR count). The minimum atomic E-state index is -0.479. The minimum absolute atomic E-state index is 0.0115. The first-order chi connectivity index (χ1) is 25.5. The monoisotopic (exact) mass is 672 g/mol. The molecule has 4 heterocycles. The van der Waals surface area contributed by atoms with Crippen LogP contribution >= 0.6 is 0 Å². The second-order valence-electron chi connectivity index (χ2n) is 16.5. The maximum Gasteiger partial charge on any atom is 0.328 e. The smallest absolute Gasteiger partial charge is 0.328 e. The molecular formula is C49H45BN2. The molecule has 0 bridgehead atoms. The van der Waals surface area contributed by atoms with E-state index in [0.29, 0.717) is 0 Å². The van der Waals surface area contributed by atoms with Crippen molar-refractivity contribution in [2.24, 2.45) is 0 Å². The van der Waals surface area contributed by atoms with Crippen molar-refractivity contribution in [1.29, 1.82) is 0 Å². The summed E-state index contributed by atoms with van der Waals surface area (Å²) in [5, 5.41) is 0. The zero-order valence-corrected chi connectivity index (χ0v) is 30.6. The molecule has 0 aromatic heterocycles. The van der Waals surface area contributed by atoms with Gasteiger partial charge in [0.15, 0.2) is 0 Å². The summed E-state index contributed by atoms with van der Waals surface area (Å²) in [6, 6.07) is 51.7. The SMILES string of the molecule is CCCCc1cc2c3c(c1)N1c4ccccc4C(c4ccccc4)(c4ccccc4)c4cccc(c41)B3N1c3c-2cccc3C2(C)CCCCC12C. The van der Waals surface area contributed by atoms with Gasteiger partial charge < -0.3 is 9.71 Å². The number of fused-ring (bicyclic) bond motifs is 9. The molecule has 0 amide bonds.